The van der Waals surface area contributed by atoms with E-state index in [0.29, 0.717) is 18.1 Å². The van der Waals surface area contributed by atoms with Crippen molar-refractivity contribution in [2.45, 2.75) is 63.7 Å². The molecule has 0 aromatic rings. The van der Waals surface area contributed by atoms with Crippen LogP contribution in [0.3, 0.4) is 0 Å². The Kier molecular flexibility index (Phi) is 4.62. The number of ether oxygens (including phenoxy) is 1. The van der Waals surface area contributed by atoms with Crippen LogP contribution in [0.25, 0.3) is 0 Å². The van der Waals surface area contributed by atoms with Crippen LogP contribution in [0.4, 0.5) is 0 Å². The van der Waals surface area contributed by atoms with E-state index in [0.717, 1.165) is 38.8 Å². The standard InChI is InChI=1S/C13H25NO2/c1-10-7-12(5-6-16-10)14-9-11-3-2-4-13(15)8-11/h10-15H,2-9H2,1H3. The zero-order chi connectivity index (χ0) is 11.4. The van der Waals surface area contributed by atoms with E-state index in [1.165, 1.54) is 12.8 Å². The van der Waals surface area contributed by atoms with Crippen LogP contribution < -0.4 is 5.32 Å². The summed E-state index contributed by atoms with van der Waals surface area (Å²) in [6.07, 6.45) is 7.10. The summed E-state index contributed by atoms with van der Waals surface area (Å²) in [5, 5.41) is 13.3. The van der Waals surface area contributed by atoms with Gasteiger partial charge in [-0.2, -0.15) is 0 Å². The van der Waals surface area contributed by atoms with Crippen LogP contribution in [0.15, 0.2) is 0 Å². The summed E-state index contributed by atoms with van der Waals surface area (Å²) in [6, 6.07) is 0.628. The fraction of sp³-hybridized carbons (Fsp3) is 1.00. The quantitative estimate of drug-likeness (QED) is 0.771. The SMILES string of the molecule is CC1CC(NCC2CCCC(O)C2)CCO1. The fourth-order valence-electron chi connectivity index (χ4n) is 2.96. The third-order valence-corrected chi connectivity index (χ3v) is 3.94. The maximum absolute atomic E-state index is 9.61. The van der Waals surface area contributed by atoms with E-state index in [1.54, 1.807) is 0 Å². The first-order chi connectivity index (χ1) is 7.74. The molecule has 0 radical (unpaired) electrons. The molecular formula is C13H25NO2. The molecule has 94 valence electrons. The van der Waals surface area contributed by atoms with Gasteiger partial charge in [0.25, 0.3) is 0 Å². The van der Waals surface area contributed by atoms with E-state index in [-0.39, 0.29) is 6.10 Å². The second-order valence-electron chi connectivity index (χ2n) is 5.50. The van der Waals surface area contributed by atoms with Gasteiger partial charge in [-0.1, -0.05) is 6.42 Å². The van der Waals surface area contributed by atoms with E-state index in [2.05, 4.69) is 12.2 Å². The van der Waals surface area contributed by atoms with Crippen LogP contribution in [0, 0.1) is 5.92 Å². The first-order valence-electron chi connectivity index (χ1n) is 6.77. The number of hydrogen-bond donors (Lipinski definition) is 2. The lowest BCUT2D eigenvalue weighted by atomic mass is 9.87. The van der Waals surface area contributed by atoms with E-state index >= 15 is 0 Å². The highest BCUT2D eigenvalue weighted by atomic mass is 16.5. The average Bonchev–Trinajstić information content (AvgIpc) is 2.27. The first kappa shape index (κ1) is 12.3. The lowest BCUT2D eigenvalue weighted by Crippen LogP contribution is -2.41. The van der Waals surface area contributed by atoms with Gasteiger partial charge < -0.3 is 15.2 Å². The molecule has 1 aliphatic heterocycles. The number of hydrogen-bond acceptors (Lipinski definition) is 3. The summed E-state index contributed by atoms with van der Waals surface area (Å²) in [4.78, 5) is 0. The highest BCUT2D eigenvalue weighted by molar-refractivity contribution is 4.79. The summed E-state index contributed by atoms with van der Waals surface area (Å²) in [5.74, 6) is 0.682. The third kappa shape index (κ3) is 3.72. The van der Waals surface area contributed by atoms with Gasteiger partial charge in [0.1, 0.15) is 0 Å². The lowest BCUT2D eigenvalue weighted by Gasteiger charge is -2.31. The second-order valence-corrected chi connectivity index (χ2v) is 5.50. The number of aliphatic hydroxyl groups is 1. The molecular weight excluding hydrogens is 202 g/mol. The van der Waals surface area contributed by atoms with Crippen molar-refractivity contribution in [1.29, 1.82) is 0 Å². The topological polar surface area (TPSA) is 41.5 Å². The van der Waals surface area contributed by atoms with Gasteiger partial charge in [-0.15, -0.1) is 0 Å². The third-order valence-electron chi connectivity index (χ3n) is 3.94. The molecule has 1 aliphatic carbocycles. The van der Waals surface area contributed by atoms with Gasteiger partial charge in [-0.05, 0) is 51.5 Å². The lowest BCUT2D eigenvalue weighted by molar-refractivity contribution is 0.0115. The highest BCUT2D eigenvalue weighted by Gasteiger charge is 2.23. The van der Waals surface area contributed by atoms with Crippen molar-refractivity contribution in [3.8, 4) is 0 Å². The molecule has 0 spiro atoms. The largest absolute Gasteiger partial charge is 0.393 e. The zero-order valence-corrected chi connectivity index (χ0v) is 10.3. The van der Waals surface area contributed by atoms with Gasteiger partial charge in [0.15, 0.2) is 0 Å². The van der Waals surface area contributed by atoms with Gasteiger partial charge in [-0.25, -0.2) is 0 Å². The molecule has 0 amide bonds. The summed E-state index contributed by atoms with van der Waals surface area (Å²) in [6.45, 7) is 4.12. The van der Waals surface area contributed by atoms with Crippen LogP contribution in [0.2, 0.25) is 0 Å². The van der Waals surface area contributed by atoms with E-state index in [4.69, 9.17) is 4.74 Å². The van der Waals surface area contributed by atoms with Gasteiger partial charge in [0, 0.05) is 12.6 Å². The Morgan fingerprint density at radius 3 is 2.88 bits per heavy atom. The molecule has 1 saturated heterocycles. The van der Waals surface area contributed by atoms with Crippen LogP contribution in [0.5, 0.6) is 0 Å². The van der Waals surface area contributed by atoms with Crippen LogP contribution in [-0.2, 0) is 4.74 Å². The predicted molar refractivity (Wildman–Crippen MR) is 64.4 cm³/mol. The number of rotatable bonds is 3. The Morgan fingerprint density at radius 1 is 1.25 bits per heavy atom. The van der Waals surface area contributed by atoms with Crippen LogP contribution in [0.1, 0.15) is 45.4 Å². The molecule has 2 fully saturated rings. The van der Waals surface area contributed by atoms with Gasteiger partial charge in [-0.3, -0.25) is 0 Å². The molecule has 1 saturated carbocycles. The molecule has 2 aliphatic rings. The molecule has 3 heteroatoms. The second kappa shape index (κ2) is 5.99. The predicted octanol–water partition coefficient (Wildman–Crippen LogP) is 1.69. The smallest absolute Gasteiger partial charge is 0.0561 e. The Morgan fingerprint density at radius 2 is 2.12 bits per heavy atom. The average molecular weight is 227 g/mol. The molecule has 0 aromatic heterocycles. The maximum Gasteiger partial charge on any atom is 0.0561 e. The minimum absolute atomic E-state index is 0.0471. The van der Waals surface area contributed by atoms with Crippen LogP contribution >= 0.6 is 0 Å². The van der Waals surface area contributed by atoms with Gasteiger partial charge in [0.2, 0.25) is 0 Å². The van der Waals surface area contributed by atoms with E-state index in [1.807, 2.05) is 0 Å². The first-order valence-corrected chi connectivity index (χ1v) is 6.77. The molecule has 4 unspecified atom stereocenters. The molecule has 2 N–H and O–H groups in total. The highest BCUT2D eigenvalue weighted by Crippen LogP contribution is 2.24. The van der Waals surface area contributed by atoms with Gasteiger partial charge >= 0.3 is 0 Å². The van der Waals surface area contributed by atoms with Crippen molar-refractivity contribution in [2.75, 3.05) is 13.2 Å². The zero-order valence-electron chi connectivity index (χ0n) is 10.3. The summed E-state index contributed by atoms with van der Waals surface area (Å²) in [5.41, 5.74) is 0. The van der Waals surface area contributed by atoms with Crippen molar-refractivity contribution in [2.24, 2.45) is 5.92 Å². The molecule has 3 nitrogen and oxygen atoms in total. The Labute approximate surface area is 98.6 Å². The van der Waals surface area contributed by atoms with Crippen molar-refractivity contribution in [3.63, 3.8) is 0 Å². The minimum atomic E-state index is -0.0471. The number of nitrogens with one attached hydrogen (secondary N) is 1. The normalized spacial score (nSPS) is 40.9. The minimum Gasteiger partial charge on any atom is -0.393 e. The Bertz CT molecular complexity index is 188. The molecule has 16 heavy (non-hydrogen) atoms. The molecule has 2 rings (SSSR count). The molecule has 4 atom stereocenters. The van der Waals surface area contributed by atoms with Crippen molar-refractivity contribution < 1.29 is 9.84 Å². The van der Waals surface area contributed by atoms with E-state index < -0.39 is 0 Å². The fourth-order valence-corrected chi connectivity index (χ4v) is 2.96. The monoisotopic (exact) mass is 227 g/mol. The summed E-state index contributed by atoms with van der Waals surface area (Å²) < 4.78 is 5.54. The van der Waals surface area contributed by atoms with E-state index in [9.17, 15) is 5.11 Å². The number of aliphatic hydroxyl groups excluding tert-OH is 1. The van der Waals surface area contributed by atoms with Crippen molar-refractivity contribution in [3.05, 3.63) is 0 Å². The molecule has 0 bridgehead atoms. The van der Waals surface area contributed by atoms with Crippen LogP contribution in [-0.4, -0.2) is 36.5 Å². The van der Waals surface area contributed by atoms with Gasteiger partial charge in [0.05, 0.1) is 12.2 Å². The van der Waals surface area contributed by atoms with Crippen molar-refractivity contribution >= 4 is 0 Å². The summed E-state index contributed by atoms with van der Waals surface area (Å²) in [7, 11) is 0. The molecule has 1 heterocycles. The maximum atomic E-state index is 9.61. The Hall–Kier alpha value is -0.120. The summed E-state index contributed by atoms with van der Waals surface area (Å²) >= 11 is 0. The van der Waals surface area contributed by atoms with Crippen molar-refractivity contribution in [1.82, 2.24) is 5.32 Å². The molecule has 0 aromatic carbocycles. The Balaban J connectivity index is 1.66.